The van der Waals surface area contributed by atoms with E-state index >= 15 is 0 Å². The summed E-state index contributed by atoms with van der Waals surface area (Å²) in [5.41, 5.74) is 8.64. The molecule has 1 heterocycles. The Morgan fingerprint density at radius 2 is 1.40 bits per heavy atom. The average molecular weight is 707 g/mol. The second-order valence-electron chi connectivity index (χ2n) is 13.1. The Kier molecular flexibility index (Phi) is 12.3. The van der Waals surface area contributed by atoms with E-state index in [0.29, 0.717) is 0 Å². The summed E-state index contributed by atoms with van der Waals surface area (Å²) in [4.78, 5) is 5.72. The van der Waals surface area contributed by atoms with Gasteiger partial charge in [0.2, 0.25) is 0 Å². The fraction of sp³-hybridized carbons (Fsp3) is 0.120. The lowest BCUT2D eigenvalue weighted by molar-refractivity contribution is 0.795. The lowest BCUT2D eigenvalue weighted by Crippen LogP contribution is -2.49. The summed E-state index contributed by atoms with van der Waals surface area (Å²) in [5, 5.41) is 17.5. The van der Waals surface area contributed by atoms with Crippen molar-refractivity contribution in [2.45, 2.75) is 40.0 Å². The Bertz CT molecular complexity index is 2580. The SMILES string of the molecule is C=C/C1=c2/c(=C)/c(c3cc(-c4cccc(-c5cccc(C(C)=NC(=N)c6ccccc6)c5)c4)ccc3/c2=C/C)=C\C=C/S1.CCCCc1ccccc1. The number of allylic oxidation sites excluding steroid dienone is 1. The molecule has 53 heavy (non-hydrogen) atoms. The van der Waals surface area contributed by atoms with Crippen molar-refractivity contribution in [3.05, 3.63) is 189 Å². The molecule has 0 radical (unpaired) electrons. The Balaban J connectivity index is 0.000000417. The van der Waals surface area contributed by atoms with Crippen LogP contribution < -0.4 is 20.9 Å². The highest BCUT2D eigenvalue weighted by atomic mass is 32.2. The van der Waals surface area contributed by atoms with E-state index in [1.54, 1.807) is 11.8 Å². The third-order valence-electron chi connectivity index (χ3n) is 9.55. The minimum atomic E-state index is 0.263. The highest BCUT2D eigenvalue weighted by molar-refractivity contribution is 8.10. The van der Waals surface area contributed by atoms with E-state index in [0.717, 1.165) is 59.7 Å². The van der Waals surface area contributed by atoms with Crippen LogP contribution in [0.4, 0.5) is 0 Å². The van der Waals surface area contributed by atoms with Gasteiger partial charge in [-0.1, -0.05) is 172 Å². The molecular formula is C50H46N2S. The van der Waals surface area contributed by atoms with Crippen LogP contribution in [-0.2, 0) is 6.42 Å². The molecular weight excluding hydrogens is 661 g/mol. The molecule has 262 valence electrons. The van der Waals surface area contributed by atoms with Gasteiger partial charge in [0.05, 0.1) is 0 Å². The van der Waals surface area contributed by atoms with Gasteiger partial charge in [-0.05, 0) is 110 Å². The van der Waals surface area contributed by atoms with E-state index in [9.17, 15) is 0 Å². The number of nitrogens with zero attached hydrogens (tertiary/aromatic N) is 1. The van der Waals surface area contributed by atoms with Crippen LogP contribution in [0.25, 0.3) is 56.7 Å². The Morgan fingerprint density at radius 1 is 0.755 bits per heavy atom. The molecule has 1 aliphatic heterocycles. The number of thioether (sulfide) groups is 1. The van der Waals surface area contributed by atoms with Gasteiger partial charge in [0.25, 0.3) is 0 Å². The number of hydrogen-bond acceptors (Lipinski definition) is 2. The Hall–Kier alpha value is -5.77. The molecule has 2 nitrogen and oxygen atoms in total. The fourth-order valence-corrected chi connectivity index (χ4v) is 7.48. The quantitative estimate of drug-likeness (QED) is 0.124. The number of benzene rings is 6. The number of hydrogen-bond donors (Lipinski definition) is 1. The molecule has 6 aromatic carbocycles. The van der Waals surface area contributed by atoms with E-state index < -0.39 is 0 Å². The van der Waals surface area contributed by atoms with Gasteiger partial charge in [-0.25, -0.2) is 4.99 Å². The normalized spacial score (nSPS) is 15.0. The molecule has 2 bridgehead atoms. The number of aryl methyl sites for hydroxylation is 1. The molecule has 1 N–H and O–H groups in total. The van der Waals surface area contributed by atoms with E-state index in [1.165, 1.54) is 40.8 Å². The lowest BCUT2D eigenvalue weighted by atomic mass is 9.94. The highest BCUT2D eigenvalue weighted by Crippen LogP contribution is 2.28. The second-order valence-corrected chi connectivity index (χ2v) is 14.0. The topological polar surface area (TPSA) is 36.2 Å². The molecule has 7 rings (SSSR count). The van der Waals surface area contributed by atoms with Crippen LogP contribution >= 0.6 is 11.8 Å². The van der Waals surface area contributed by atoms with E-state index in [2.05, 4.69) is 153 Å². The summed E-state index contributed by atoms with van der Waals surface area (Å²) in [5.74, 6) is 0.263. The summed E-state index contributed by atoms with van der Waals surface area (Å²) in [6.07, 6.45) is 12.2. The van der Waals surface area contributed by atoms with Crippen LogP contribution in [0.5, 0.6) is 0 Å². The maximum atomic E-state index is 8.43. The third-order valence-corrected chi connectivity index (χ3v) is 10.5. The minimum Gasteiger partial charge on any atom is -0.282 e. The van der Waals surface area contributed by atoms with Gasteiger partial charge in [-0.3, -0.25) is 5.41 Å². The molecule has 0 saturated heterocycles. The number of nitrogens with one attached hydrogen (secondary N) is 1. The van der Waals surface area contributed by atoms with Gasteiger partial charge in [0, 0.05) is 21.4 Å². The maximum absolute atomic E-state index is 8.43. The molecule has 3 heteroatoms. The molecule has 1 aliphatic rings. The molecule has 0 aromatic heterocycles. The van der Waals surface area contributed by atoms with Gasteiger partial charge in [-0.2, -0.15) is 0 Å². The fourth-order valence-electron chi connectivity index (χ4n) is 6.73. The summed E-state index contributed by atoms with van der Waals surface area (Å²) in [6.45, 7) is 14.9. The molecule has 0 aliphatic carbocycles. The van der Waals surface area contributed by atoms with Gasteiger partial charge in [0.1, 0.15) is 0 Å². The molecule has 0 atom stereocenters. The zero-order chi connectivity index (χ0) is 37.2. The summed E-state index contributed by atoms with van der Waals surface area (Å²) >= 11 is 1.68. The first-order chi connectivity index (χ1) is 25.9. The van der Waals surface area contributed by atoms with Crippen LogP contribution in [0, 0.1) is 5.41 Å². The first-order valence-corrected chi connectivity index (χ1v) is 19.2. The van der Waals surface area contributed by atoms with Crippen molar-refractivity contribution < 1.29 is 0 Å². The summed E-state index contributed by atoms with van der Waals surface area (Å²) in [7, 11) is 0. The molecule has 0 spiro atoms. The van der Waals surface area contributed by atoms with Crippen molar-refractivity contribution >= 4 is 57.7 Å². The van der Waals surface area contributed by atoms with Gasteiger partial charge >= 0.3 is 0 Å². The van der Waals surface area contributed by atoms with Gasteiger partial charge in [0.15, 0.2) is 5.84 Å². The third kappa shape index (κ3) is 8.65. The van der Waals surface area contributed by atoms with Crippen molar-refractivity contribution in [1.82, 2.24) is 0 Å². The van der Waals surface area contributed by atoms with E-state index in [1.807, 2.05) is 43.3 Å². The lowest BCUT2D eigenvalue weighted by Gasteiger charge is -2.12. The zero-order valence-electron chi connectivity index (χ0n) is 30.9. The number of amidine groups is 1. The Labute approximate surface area is 318 Å². The number of fused-ring (bicyclic) bond motifs is 4. The Morgan fingerprint density at radius 3 is 2.08 bits per heavy atom. The minimum absolute atomic E-state index is 0.263. The van der Waals surface area contributed by atoms with E-state index in [-0.39, 0.29) is 5.84 Å². The van der Waals surface area contributed by atoms with Crippen LogP contribution in [0.15, 0.2) is 157 Å². The van der Waals surface area contributed by atoms with Crippen molar-refractivity contribution in [3.63, 3.8) is 0 Å². The predicted octanol–water partition coefficient (Wildman–Crippen LogP) is 10.6. The summed E-state index contributed by atoms with van der Waals surface area (Å²) < 4.78 is 0. The van der Waals surface area contributed by atoms with Crippen LogP contribution in [-0.4, -0.2) is 11.5 Å². The number of unbranched alkanes of at least 4 members (excludes halogenated alkanes) is 1. The molecule has 0 saturated carbocycles. The molecule has 0 unspecified atom stereocenters. The maximum Gasteiger partial charge on any atom is 0.152 e. The number of aliphatic imine (C=N–C) groups is 1. The van der Waals surface area contributed by atoms with E-state index in [4.69, 9.17) is 5.41 Å². The van der Waals surface area contributed by atoms with Crippen molar-refractivity contribution in [2.75, 3.05) is 0 Å². The highest BCUT2D eigenvalue weighted by Gasteiger charge is 2.10. The monoisotopic (exact) mass is 706 g/mol. The second kappa shape index (κ2) is 17.6. The smallest absolute Gasteiger partial charge is 0.152 e. The summed E-state index contributed by atoms with van der Waals surface area (Å²) in [6, 6.07) is 44.1. The molecule has 0 amide bonds. The largest absolute Gasteiger partial charge is 0.282 e. The van der Waals surface area contributed by atoms with Gasteiger partial charge < -0.3 is 0 Å². The number of rotatable bonds is 8. The van der Waals surface area contributed by atoms with Crippen LogP contribution in [0.1, 0.15) is 50.3 Å². The molecule has 0 fully saturated rings. The molecule has 6 aromatic rings. The van der Waals surface area contributed by atoms with Crippen molar-refractivity contribution in [1.29, 1.82) is 5.41 Å². The van der Waals surface area contributed by atoms with Crippen molar-refractivity contribution in [2.24, 2.45) is 4.99 Å². The predicted molar refractivity (Wildman–Crippen MR) is 234 cm³/mol. The first kappa shape index (κ1) is 37.0. The van der Waals surface area contributed by atoms with Crippen molar-refractivity contribution in [3.8, 4) is 22.3 Å². The average Bonchev–Trinajstić information content (AvgIpc) is 3.21. The standard InChI is InChI=1S/C40H32N2S.C10H14/c1-5-34-36-21-20-33(25-37(36)35-19-12-22-43-38(6-2)39(34)26(35)3)32-18-11-17-31(24-32)30-16-10-15-29(23-30)27(4)42-40(41)28-13-8-7-9-14-28;1-2-3-7-10-8-5-4-6-9-10/h5-25,41H,2-3H2,1,4H3;4-6,8-9H,2-3,7H2,1H3/b22-12-,34-5-,35-19+,39-38+,41-40?,42-27?;. The van der Waals surface area contributed by atoms with Crippen LogP contribution in [0.3, 0.4) is 0 Å². The zero-order valence-corrected chi connectivity index (χ0v) is 31.7. The van der Waals surface area contributed by atoms with Crippen LogP contribution in [0.2, 0.25) is 0 Å². The first-order valence-electron chi connectivity index (χ1n) is 18.3. The van der Waals surface area contributed by atoms with Gasteiger partial charge in [-0.15, -0.1) is 0 Å².